The number of fused-ring (bicyclic) bond motifs is 3. The molecule has 0 saturated heterocycles. The highest BCUT2D eigenvalue weighted by molar-refractivity contribution is 7.16. The maximum atomic E-state index is 13.6. The molecule has 2 heterocycles. The molecule has 0 bridgehead atoms. The summed E-state index contributed by atoms with van der Waals surface area (Å²) < 4.78 is 12.8. The van der Waals surface area contributed by atoms with Gasteiger partial charge in [-0.05, 0) is 18.2 Å². The quantitative estimate of drug-likeness (QED) is 0.249. The van der Waals surface area contributed by atoms with Crippen LogP contribution in [0.4, 0.5) is 5.69 Å². The van der Waals surface area contributed by atoms with Gasteiger partial charge >= 0.3 is 5.97 Å². The number of esters is 1. The summed E-state index contributed by atoms with van der Waals surface area (Å²) in [7, 11) is 1.26. The second-order valence-electron chi connectivity index (χ2n) is 7.52. The lowest BCUT2D eigenvalue weighted by molar-refractivity contribution is -0.384. The highest BCUT2D eigenvalue weighted by atomic mass is 32.1. The van der Waals surface area contributed by atoms with Crippen molar-refractivity contribution < 1.29 is 24.0 Å². The Bertz CT molecular complexity index is 1490. The maximum absolute atomic E-state index is 13.6. The second kappa shape index (κ2) is 8.56. The Balaban J connectivity index is 1.68. The summed E-state index contributed by atoms with van der Waals surface area (Å²) >= 11 is 1.09. The standard InChI is InChI=1S/C24H17N3O6S/c1-32-21(28)13-26-17-11-10-14(27(30)31)12-20(17)34-24(26)25-23(29)22-15-6-2-4-8-18(15)33-19-9-5-3-7-16(19)22/h2-12,22H,13H2,1H3. The van der Waals surface area contributed by atoms with Gasteiger partial charge in [-0.1, -0.05) is 47.7 Å². The molecule has 10 heteroatoms. The summed E-state index contributed by atoms with van der Waals surface area (Å²) in [6, 6.07) is 18.8. The fraction of sp³-hybridized carbons (Fsp3) is 0.125. The molecule has 5 rings (SSSR count). The minimum Gasteiger partial charge on any atom is -0.468 e. The summed E-state index contributed by atoms with van der Waals surface area (Å²) in [5, 5.41) is 11.2. The summed E-state index contributed by atoms with van der Waals surface area (Å²) in [5.74, 6) is -0.530. The lowest BCUT2D eigenvalue weighted by Crippen LogP contribution is -2.25. The zero-order chi connectivity index (χ0) is 23.8. The zero-order valence-corrected chi connectivity index (χ0v) is 18.7. The fourth-order valence-corrected chi connectivity index (χ4v) is 5.01. The maximum Gasteiger partial charge on any atom is 0.325 e. The van der Waals surface area contributed by atoms with Crippen LogP contribution in [-0.4, -0.2) is 28.5 Å². The molecule has 34 heavy (non-hydrogen) atoms. The van der Waals surface area contributed by atoms with Crippen LogP contribution in [0.25, 0.3) is 10.2 Å². The van der Waals surface area contributed by atoms with E-state index in [0.29, 0.717) is 32.8 Å². The Labute approximate surface area is 196 Å². The van der Waals surface area contributed by atoms with Gasteiger partial charge in [-0.3, -0.25) is 19.7 Å². The van der Waals surface area contributed by atoms with Crippen LogP contribution in [0, 0.1) is 10.1 Å². The third-order valence-corrected chi connectivity index (χ3v) is 6.57. The van der Waals surface area contributed by atoms with Gasteiger partial charge in [0.15, 0.2) is 4.80 Å². The van der Waals surface area contributed by atoms with E-state index in [0.717, 1.165) is 11.3 Å². The number of aromatic nitrogens is 1. The first-order chi connectivity index (χ1) is 16.5. The van der Waals surface area contributed by atoms with Gasteiger partial charge in [0, 0.05) is 23.3 Å². The number of carbonyl (C=O) groups excluding carboxylic acids is 2. The van der Waals surface area contributed by atoms with E-state index in [1.54, 1.807) is 12.1 Å². The Morgan fingerprint density at radius 1 is 1.09 bits per heavy atom. The number of benzene rings is 3. The van der Waals surface area contributed by atoms with Gasteiger partial charge in [0.2, 0.25) is 0 Å². The summed E-state index contributed by atoms with van der Waals surface area (Å²) in [6.45, 7) is -0.193. The predicted octanol–water partition coefficient (Wildman–Crippen LogP) is 4.15. The number of para-hydroxylation sites is 2. The molecule has 1 amide bonds. The van der Waals surface area contributed by atoms with E-state index in [1.165, 1.54) is 29.9 Å². The molecule has 0 N–H and O–H groups in total. The number of hydrogen-bond donors (Lipinski definition) is 0. The number of nitrogens with zero attached hydrogens (tertiary/aromatic N) is 3. The first kappa shape index (κ1) is 21.5. The van der Waals surface area contributed by atoms with E-state index in [-0.39, 0.29) is 17.0 Å². The molecule has 1 aliphatic heterocycles. The number of carbonyl (C=O) groups is 2. The lowest BCUT2D eigenvalue weighted by Gasteiger charge is -2.25. The average Bonchev–Trinajstić information content (AvgIpc) is 3.17. The largest absolute Gasteiger partial charge is 0.468 e. The van der Waals surface area contributed by atoms with Gasteiger partial charge in [-0.25, -0.2) is 0 Å². The van der Waals surface area contributed by atoms with Crippen LogP contribution in [-0.2, 0) is 20.9 Å². The van der Waals surface area contributed by atoms with E-state index < -0.39 is 22.7 Å². The van der Waals surface area contributed by atoms with Crippen molar-refractivity contribution in [2.75, 3.05) is 7.11 Å². The molecule has 0 unspecified atom stereocenters. The van der Waals surface area contributed by atoms with Crippen molar-refractivity contribution in [2.24, 2.45) is 4.99 Å². The van der Waals surface area contributed by atoms with Crippen LogP contribution in [0.3, 0.4) is 0 Å². The van der Waals surface area contributed by atoms with Crippen molar-refractivity contribution in [3.63, 3.8) is 0 Å². The van der Waals surface area contributed by atoms with E-state index in [2.05, 4.69) is 4.99 Å². The number of hydrogen-bond acceptors (Lipinski definition) is 7. The second-order valence-corrected chi connectivity index (χ2v) is 8.53. The predicted molar refractivity (Wildman–Crippen MR) is 124 cm³/mol. The molecule has 0 fully saturated rings. The fourth-order valence-electron chi connectivity index (χ4n) is 3.94. The number of amides is 1. The Morgan fingerprint density at radius 3 is 2.35 bits per heavy atom. The number of rotatable bonds is 4. The van der Waals surface area contributed by atoms with Gasteiger partial charge in [0.05, 0.1) is 28.2 Å². The van der Waals surface area contributed by atoms with Crippen LogP contribution < -0.4 is 9.54 Å². The lowest BCUT2D eigenvalue weighted by atomic mass is 9.87. The zero-order valence-electron chi connectivity index (χ0n) is 17.8. The van der Waals surface area contributed by atoms with Crippen LogP contribution >= 0.6 is 11.3 Å². The molecule has 0 aliphatic carbocycles. The van der Waals surface area contributed by atoms with Gasteiger partial charge < -0.3 is 14.0 Å². The summed E-state index contributed by atoms with van der Waals surface area (Å²) in [5.41, 5.74) is 1.82. The number of nitro groups is 1. The molecular formula is C24H17N3O6S. The molecule has 0 spiro atoms. The summed E-state index contributed by atoms with van der Waals surface area (Å²) in [6.07, 6.45) is 0. The van der Waals surface area contributed by atoms with Crippen LogP contribution in [0.1, 0.15) is 17.0 Å². The molecule has 3 aromatic carbocycles. The van der Waals surface area contributed by atoms with Crippen LogP contribution in [0.5, 0.6) is 11.5 Å². The number of non-ortho nitro benzene ring substituents is 1. The van der Waals surface area contributed by atoms with Crippen molar-refractivity contribution in [2.45, 2.75) is 12.5 Å². The Hall–Kier alpha value is -4.31. The molecule has 4 aromatic rings. The van der Waals surface area contributed by atoms with E-state index in [1.807, 2.05) is 36.4 Å². The molecule has 0 radical (unpaired) electrons. The van der Waals surface area contributed by atoms with Gasteiger partial charge in [-0.2, -0.15) is 4.99 Å². The third-order valence-electron chi connectivity index (χ3n) is 5.52. The molecule has 0 saturated carbocycles. The van der Waals surface area contributed by atoms with Crippen molar-refractivity contribution in [1.29, 1.82) is 0 Å². The van der Waals surface area contributed by atoms with Crippen LogP contribution in [0.15, 0.2) is 71.7 Å². The molecule has 1 aliphatic rings. The molecule has 0 atom stereocenters. The highest BCUT2D eigenvalue weighted by Gasteiger charge is 2.32. The minimum absolute atomic E-state index is 0.0934. The van der Waals surface area contributed by atoms with Crippen molar-refractivity contribution in [3.05, 3.63) is 92.8 Å². The number of methoxy groups -OCH3 is 1. The Morgan fingerprint density at radius 2 is 1.74 bits per heavy atom. The normalized spacial score (nSPS) is 13.1. The monoisotopic (exact) mass is 475 g/mol. The van der Waals surface area contributed by atoms with Gasteiger partial charge in [0.1, 0.15) is 18.0 Å². The van der Waals surface area contributed by atoms with Crippen molar-refractivity contribution >= 4 is 39.1 Å². The van der Waals surface area contributed by atoms with Crippen molar-refractivity contribution in [3.8, 4) is 11.5 Å². The first-order valence-corrected chi connectivity index (χ1v) is 11.1. The third kappa shape index (κ3) is 3.73. The number of nitro benzene ring substituents is 1. The smallest absolute Gasteiger partial charge is 0.325 e. The molecule has 9 nitrogen and oxygen atoms in total. The number of ether oxygens (including phenoxy) is 2. The van der Waals surface area contributed by atoms with Crippen molar-refractivity contribution in [1.82, 2.24) is 4.57 Å². The topological polar surface area (TPSA) is 113 Å². The van der Waals surface area contributed by atoms with Gasteiger partial charge in [0.25, 0.3) is 11.6 Å². The van der Waals surface area contributed by atoms with E-state index in [4.69, 9.17) is 9.47 Å². The Kier molecular flexibility index (Phi) is 5.42. The molecular weight excluding hydrogens is 458 g/mol. The highest BCUT2D eigenvalue weighted by Crippen LogP contribution is 2.44. The minimum atomic E-state index is -0.702. The first-order valence-electron chi connectivity index (χ1n) is 10.2. The molecule has 170 valence electrons. The molecule has 1 aromatic heterocycles. The number of thiazole rings is 1. The van der Waals surface area contributed by atoms with Crippen LogP contribution in [0.2, 0.25) is 0 Å². The summed E-state index contributed by atoms with van der Waals surface area (Å²) in [4.78, 5) is 41.0. The van der Waals surface area contributed by atoms with Gasteiger partial charge in [-0.15, -0.1) is 0 Å². The average molecular weight is 475 g/mol. The van der Waals surface area contributed by atoms with E-state index >= 15 is 0 Å². The van der Waals surface area contributed by atoms with E-state index in [9.17, 15) is 19.7 Å². The SMILES string of the molecule is COC(=O)Cn1c(=NC(=O)C2c3ccccc3Oc3ccccc32)sc2cc([N+](=O)[O-])ccc21.